The Bertz CT molecular complexity index is 826. The van der Waals surface area contributed by atoms with E-state index in [1.54, 1.807) is 11.4 Å². The molecule has 1 atom stereocenters. The molecular weight excluding hydrogens is 377 g/mol. The number of rotatable bonds is 5. The van der Waals surface area contributed by atoms with Crippen LogP contribution in [0.25, 0.3) is 0 Å². The Morgan fingerprint density at radius 2 is 2.04 bits per heavy atom. The molecule has 0 radical (unpaired) electrons. The maximum atomic E-state index is 13.3. The number of hydrogen-bond acceptors (Lipinski definition) is 4. The fourth-order valence-electron chi connectivity index (χ4n) is 3.32. The molecule has 2 aromatic rings. The van der Waals surface area contributed by atoms with E-state index in [1.807, 2.05) is 0 Å². The third-order valence-electron chi connectivity index (χ3n) is 4.86. The topological polar surface area (TPSA) is 42.4 Å². The Hall–Kier alpha value is -1.93. The molecule has 1 aromatic heterocycles. The van der Waals surface area contributed by atoms with Crippen molar-refractivity contribution in [3.63, 3.8) is 0 Å². The summed E-state index contributed by atoms with van der Waals surface area (Å²) in [4.78, 5) is 18.9. The van der Waals surface area contributed by atoms with Gasteiger partial charge in [-0.25, -0.2) is 4.98 Å². The van der Waals surface area contributed by atoms with Crippen LogP contribution >= 0.6 is 11.3 Å². The van der Waals surface area contributed by atoms with Gasteiger partial charge in [-0.1, -0.05) is 18.2 Å². The lowest BCUT2D eigenvalue weighted by atomic mass is 10.1. The van der Waals surface area contributed by atoms with Crippen molar-refractivity contribution in [2.45, 2.75) is 50.6 Å². The standard InChI is InChI=1S/C19H19F3N2O2S/c20-19(21,22)14-5-2-1-4-12(14)10-24(13-7-8-13)18(25)15-11-27-17(23-15)16-6-3-9-26-16/h1-2,4-5,11,13,16H,3,6-10H2. The first kappa shape index (κ1) is 18.4. The van der Waals surface area contributed by atoms with Gasteiger partial charge in [-0.15, -0.1) is 11.3 Å². The minimum absolute atomic E-state index is 0.0216. The molecule has 4 nitrogen and oxygen atoms in total. The summed E-state index contributed by atoms with van der Waals surface area (Å²) in [5, 5.41) is 2.45. The van der Waals surface area contributed by atoms with Crippen molar-refractivity contribution in [2.75, 3.05) is 6.61 Å². The molecule has 144 valence electrons. The molecule has 0 N–H and O–H groups in total. The monoisotopic (exact) mass is 396 g/mol. The molecule has 2 fully saturated rings. The summed E-state index contributed by atoms with van der Waals surface area (Å²) in [6, 6.07) is 5.41. The van der Waals surface area contributed by atoms with Crippen LogP contribution in [0.3, 0.4) is 0 Å². The number of aromatic nitrogens is 1. The largest absolute Gasteiger partial charge is 0.416 e. The molecular formula is C19H19F3N2O2S. The van der Waals surface area contributed by atoms with Gasteiger partial charge in [-0.05, 0) is 37.3 Å². The number of alkyl halides is 3. The van der Waals surface area contributed by atoms with Crippen LogP contribution in [0.15, 0.2) is 29.6 Å². The Morgan fingerprint density at radius 3 is 2.70 bits per heavy atom. The van der Waals surface area contributed by atoms with Crippen LogP contribution in [-0.2, 0) is 17.5 Å². The Balaban J connectivity index is 1.56. The van der Waals surface area contributed by atoms with Crippen LogP contribution in [0.2, 0.25) is 0 Å². The third kappa shape index (κ3) is 4.01. The highest BCUT2D eigenvalue weighted by Crippen LogP contribution is 2.36. The second-order valence-corrected chi connectivity index (χ2v) is 7.78. The Kier molecular flexibility index (Phi) is 4.94. The molecule has 1 amide bonds. The molecule has 4 rings (SSSR count). The SMILES string of the molecule is O=C(c1csc(C2CCCO2)n1)N(Cc1ccccc1C(F)(F)F)C1CC1. The van der Waals surface area contributed by atoms with Gasteiger partial charge in [0, 0.05) is 24.6 Å². The lowest BCUT2D eigenvalue weighted by Crippen LogP contribution is -2.33. The fraction of sp³-hybridized carbons (Fsp3) is 0.474. The number of hydrogen-bond donors (Lipinski definition) is 0. The van der Waals surface area contributed by atoms with E-state index in [9.17, 15) is 18.0 Å². The van der Waals surface area contributed by atoms with Gasteiger partial charge < -0.3 is 9.64 Å². The number of halogens is 3. The van der Waals surface area contributed by atoms with Crippen LogP contribution < -0.4 is 0 Å². The highest BCUT2D eigenvalue weighted by molar-refractivity contribution is 7.09. The van der Waals surface area contributed by atoms with E-state index in [-0.39, 0.29) is 30.2 Å². The van der Waals surface area contributed by atoms with Crippen molar-refractivity contribution in [1.29, 1.82) is 0 Å². The lowest BCUT2D eigenvalue weighted by Gasteiger charge is -2.23. The van der Waals surface area contributed by atoms with E-state index >= 15 is 0 Å². The van der Waals surface area contributed by atoms with Gasteiger partial charge in [0.15, 0.2) is 0 Å². The van der Waals surface area contributed by atoms with Gasteiger partial charge in [0.2, 0.25) is 0 Å². The van der Waals surface area contributed by atoms with Crippen LogP contribution in [-0.4, -0.2) is 28.4 Å². The van der Waals surface area contributed by atoms with Crippen molar-refractivity contribution in [1.82, 2.24) is 9.88 Å². The number of carbonyl (C=O) groups excluding carboxylic acids is 1. The second-order valence-electron chi connectivity index (χ2n) is 6.89. The van der Waals surface area contributed by atoms with Gasteiger partial charge in [0.25, 0.3) is 5.91 Å². The molecule has 27 heavy (non-hydrogen) atoms. The quantitative estimate of drug-likeness (QED) is 0.728. The smallest absolute Gasteiger partial charge is 0.371 e. The van der Waals surface area contributed by atoms with Crippen molar-refractivity contribution >= 4 is 17.2 Å². The molecule has 1 saturated heterocycles. The number of amides is 1. The minimum Gasteiger partial charge on any atom is -0.371 e. The highest BCUT2D eigenvalue weighted by Gasteiger charge is 2.38. The average molecular weight is 396 g/mol. The zero-order chi connectivity index (χ0) is 19.0. The van der Waals surface area contributed by atoms with Gasteiger partial charge >= 0.3 is 6.18 Å². The molecule has 0 bridgehead atoms. The Morgan fingerprint density at radius 1 is 1.26 bits per heavy atom. The first-order chi connectivity index (χ1) is 12.9. The van der Waals surface area contributed by atoms with Gasteiger partial charge in [0.05, 0.1) is 5.56 Å². The first-order valence-corrected chi connectivity index (χ1v) is 9.84. The summed E-state index contributed by atoms with van der Waals surface area (Å²) in [5.41, 5.74) is -0.288. The number of nitrogens with zero attached hydrogens (tertiary/aromatic N) is 2. The van der Waals surface area contributed by atoms with Crippen molar-refractivity contribution in [3.05, 3.63) is 51.5 Å². The highest BCUT2D eigenvalue weighted by atomic mass is 32.1. The fourth-order valence-corrected chi connectivity index (χ4v) is 4.20. The average Bonchev–Trinajstić information content (AvgIpc) is 3.12. The summed E-state index contributed by atoms with van der Waals surface area (Å²) in [5.74, 6) is -0.310. The zero-order valence-corrected chi connectivity index (χ0v) is 15.4. The second kappa shape index (κ2) is 7.24. The van der Waals surface area contributed by atoms with E-state index in [0.717, 1.165) is 36.8 Å². The minimum atomic E-state index is -4.44. The van der Waals surface area contributed by atoms with Crippen LogP contribution in [0.1, 0.15) is 58.4 Å². The molecule has 1 saturated carbocycles. The van der Waals surface area contributed by atoms with E-state index < -0.39 is 11.7 Å². The predicted molar refractivity (Wildman–Crippen MR) is 94.4 cm³/mol. The summed E-state index contributed by atoms with van der Waals surface area (Å²) >= 11 is 1.37. The Labute approximate surface area is 159 Å². The van der Waals surface area contributed by atoms with Crippen molar-refractivity contribution < 1.29 is 22.7 Å². The van der Waals surface area contributed by atoms with Gasteiger partial charge in [0.1, 0.15) is 16.8 Å². The molecule has 1 aliphatic carbocycles. The van der Waals surface area contributed by atoms with E-state index in [4.69, 9.17) is 4.74 Å². The molecule has 2 heterocycles. The van der Waals surface area contributed by atoms with Crippen LogP contribution in [0.4, 0.5) is 13.2 Å². The van der Waals surface area contributed by atoms with Gasteiger partial charge in [-0.2, -0.15) is 13.2 Å². The third-order valence-corrected chi connectivity index (χ3v) is 5.79. The van der Waals surface area contributed by atoms with Crippen LogP contribution in [0, 0.1) is 0 Å². The van der Waals surface area contributed by atoms with E-state index in [1.165, 1.54) is 28.4 Å². The molecule has 1 unspecified atom stereocenters. The number of ether oxygens (including phenoxy) is 1. The summed E-state index contributed by atoms with van der Waals surface area (Å²) in [7, 11) is 0. The lowest BCUT2D eigenvalue weighted by molar-refractivity contribution is -0.138. The molecule has 2 aliphatic rings. The summed E-state index contributed by atoms with van der Waals surface area (Å²) in [6.07, 6.45) is -1.05. The molecule has 8 heteroatoms. The maximum Gasteiger partial charge on any atom is 0.416 e. The number of benzene rings is 1. The van der Waals surface area contributed by atoms with E-state index in [0.29, 0.717) is 12.3 Å². The summed E-state index contributed by atoms with van der Waals surface area (Å²) < 4.78 is 45.5. The first-order valence-electron chi connectivity index (χ1n) is 8.96. The summed E-state index contributed by atoms with van der Waals surface area (Å²) in [6.45, 7) is 0.627. The zero-order valence-electron chi connectivity index (χ0n) is 14.5. The normalized spacial score (nSPS) is 20.0. The predicted octanol–water partition coefficient (Wildman–Crippen LogP) is 4.82. The number of carbonyl (C=O) groups is 1. The maximum absolute atomic E-state index is 13.3. The number of thiazole rings is 1. The molecule has 1 aromatic carbocycles. The molecule has 0 spiro atoms. The van der Waals surface area contributed by atoms with Gasteiger partial charge in [-0.3, -0.25) is 4.79 Å². The van der Waals surface area contributed by atoms with Crippen molar-refractivity contribution in [3.8, 4) is 0 Å². The van der Waals surface area contributed by atoms with Crippen molar-refractivity contribution in [2.24, 2.45) is 0 Å². The van der Waals surface area contributed by atoms with Crippen LogP contribution in [0.5, 0.6) is 0 Å². The van der Waals surface area contributed by atoms with E-state index in [2.05, 4.69) is 4.98 Å². The molecule has 1 aliphatic heterocycles.